The number of aliphatic hydroxyl groups is 1. The molecule has 0 aliphatic heterocycles. The van der Waals surface area contributed by atoms with E-state index >= 15 is 0 Å². The van der Waals surface area contributed by atoms with Gasteiger partial charge in [-0.05, 0) is 12.1 Å². The van der Waals surface area contributed by atoms with Crippen LogP contribution in [0, 0.1) is 0 Å². The maximum absolute atomic E-state index is 9.97. The fourth-order valence-corrected chi connectivity index (χ4v) is 1.17. The number of nitrogens with zero attached hydrogens (tertiary/aromatic N) is 1. The van der Waals surface area contributed by atoms with Crippen LogP contribution >= 0.6 is 15.9 Å². The number of hydrogen-bond donors (Lipinski definition) is 1. The molecule has 1 N–H and O–H groups in total. The van der Waals surface area contributed by atoms with Gasteiger partial charge in [-0.1, -0.05) is 22.0 Å². The average molecular weight is 228 g/mol. The van der Waals surface area contributed by atoms with Crippen molar-refractivity contribution in [2.24, 2.45) is 4.99 Å². The molecule has 0 atom stereocenters. The van der Waals surface area contributed by atoms with Crippen LogP contribution in [0.2, 0.25) is 0 Å². The van der Waals surface area contributed by atoms with E-state index in [2.05, 4.69) is 20.9 Å². The molecule has 0 radical (unpaired) electrons. The molecule has 0 saturated heterocycles. The molecule has 1 aromatic carbocycles. The van der Waals surface area contributed by atoms with Gasteiger partial charge in [-0.3, -0.25) is 0 Å². The molecule has 0 aliphatic rings. The molecule has 12 heavy (non-hydrogen) atoms. The average Bonchev–Trinajstić information content (AvgIpc) is 2.05. The molecule has 0 fully saturated rings. The Morgan fingerprint density at radius 3 is 2.92 bits per heavy atom. The number of aliphatic imine (C=N–C) groups is 1. The first-order chi connectivity index (χ1) is 5.77. The van der Waals surface area contributed by atoms with Crippen molar-refractivity contribution in [2.75, 3.05) is 0 Å². The van der Waals surface area contributed by atoms with Gasteiger partial charge in [-0.25, -0.2) is 4.79 Å². The predicted octanol–water partition coefficient (Wildman–Crippen LogP) is 1.91. The molecule has 0 unspecified atom stereocenters. The van der Waals surface area contributed by atoms with Gasteiger partial charge in [0, 0.05) is 10.0 Å². The summed E-state index contributed by atoms with van der Waals surface area (Å²) in [5.41, 5.74) is 1.06. The summed E-state index contributed by atoms with van der Waals surface area (Å²) in [4.78, 5) is 13.4. The summed E-state index contributed by atoms with van der Waals surface area (Å²) < 4.78 is 0.814. The Kier molecular flexibility index (Phi) is 3.17. The minimum absolute atomic E-state index is 0.131. The van der Waals surface area contributed by atoms with Gasteiger partial charge in [0.1, 0.15) is 0 Å². The zero-order chi connectivity index (χ0) is 8.97. The largest absolute Gasteiger partial charge is 0.392 e. The molecule has 0 aromatic heterocycles. The van der Waals surface area contributed by atoms with Gasteiger partial charge < -0.3 is 5.11 Å². The van der Waals surface area contributed by atoms with E-state index in [0.29, 0.717) is 11.3 Å². The van der Waals surface area contributed by atoms with E-state index in [-0.39, 0.29) is 6.61 Å². The molecular weight excluding hydrogens is 222 g/mol. The first-order valence-electron chi connectivity index (χ1n) is 3.25. The van der Waals surface area contributed by atoms with Crippen molar-refractivity contribution < 1.29 is 9.90 Å². The Hall–Kier alpha value is -0.960. The van der Waals surface area contributed by atoms with Gasteiger partial charge in [0.25, 0.3) is 0 Å². The normalized spacial score (nSPS) is 9.17. The summed E-state index contributed by atoms with van der Waals surface area (Å²) in [5.74, 6) is 0. The van der Waals surface area contributed by atoms with Crippen LogP contribution in [-0.2, 0) is 11.4 Å². The summed E-state index contributed by atoms with van der Waals surface area (Å²) in [6.07, 6.45) is 1.43. The number of halogens is 1. The zero-order valence-corrected chi connectivity index (χ0v) is 7.71. The SMILES string of the molecule is O=C=Nc1cc(Br)ccc1CO. The van der Waals surface area contributed by atoms with E-state index in [1.165, 1.54) is 6.08 Å². The molecule has 1 aromatic rings. The van der Waals surface area contributed by atoms with Crippen LogP contribution in [0.15, 0.2) is 27.7 Å². The minimum Gasteiger partial charge on any atom is -0.392 e. The van der Waals surface area contributed by atoms with Gasteiger partial charge in [0.2, 0.25) is 6.08 Å². The molecule has 0 heterocycles. The quantitative estimate of drug-likeness (QED) is 0.620. The number of benzene rings is 1. The lowest BCUT2D eigenvalue weighted by atomic mass is 10.2. The van der Waals surface area contributed by atoms with E-state index < -0.39 is 0 Å². The summed E-state index contributed by atoms with van der Waals surface area (Å²) in [6, 6.07) is 5.12. The number of hydrogen-bond acceptors (Lipinski definition) is 3. The van der Waals surface area contributed by atoms with Gasteiger partial charge in [0.15, 0.2) is 0 Å². The van der Waals surface area contributed by atoms with E-state index in [0.717, 1.165) is 4.47 Å². The fourth-order valence-electron chi connectivity index (χ4n) is 0.824. The standard InChI is InChI=1S/C8H6BrNO2/c9-7-2-1-6(4-11)8(3-7)10-5-12/h1-3,11H,4H2. The monoisotopic (exact) mass is 227 g/mol. The van der Waals surface area contributed by atoms with Crippen molar-refractivity contribution in [3.63, 3.8) is 0 Å². The zero-order valence-electron chi connectivity index (χ0n) is 6.12. The molecule has 0 saturated carbocycles. The van der Waals surface area contributed by atoms with Crippen molar-refractivity contribution in [2.45, 2.75) is 6.61 Å². The van der Waals surface area contributed by atoms with Crippen molar-refractivity contribution in [1.29, 1.82) is 0 Å². The third-order valence-corrected chi connectivity index (χ3v) is 1.88. The molecule has 0 bridgehead atoms. The molecule has 0 aliphatic carbocycles. The highest BCUT2D eigenvalue weighted by atomic mass is 79.9. The number of carbonyl (C=O) groups excluding carboxylic acids is 1. The van der Waals surface area contributed by atoms with E-state index in [1.807, 2.05) is 0 Å². The van der Waals surface area contributed by atoms with Crippen molar-refractivity contribution >= 4 is 27.7 Å². The van der Waals surface area contributed by atoms with Crippen LogP contribution in [0.1, 0.15) is 5.56 Å². The fraction of sp³-hybridized carbons (Fsp3) is 0.125. The first-order valence-corrected chi connectivity index (χ1v) is 4.04. The number of aliphatic hydroxyl groups excluding tert-OH is 1. The smallest absolute Gasteiger partial charge is 0.240 e. The molecule has 3 nitrogen and oxygen atoms in total. The maximum atomic E-state index is 9.97. The molecule has 0 spiro atoms. The van der Waals surface area contributed by atoms with Crippen molar-refractivity contribution in [3.8, 4) is 0 Å². The van der Waals surface area contributed by atoms with Crippen LogP contribution in [-0.4, -0.2) is 11.2 Å². The first kappa shape index (κ1) is 9.13. The summed E-state index contributed by atoms with van der Waals surface area (Å²) in [7, 11) is 0. The molecule has 4 heteroatoms. The lowest BCUT2D eigenvalue weighted by Crippen LogP contribution is -1.83. The third kappa shape index (κ3) is 2.01. The van der Waals surface area contributed by atoms with E-state index in [9.17, 15) is 4.79 Å². The second kappa shape index (κ2) is 4.16. The second-order valence-electron chi connectivity index (χ2n) is 2.13. The van der Waals surface area contributed by atoms with Crippen LogP contribution in [0.4, 0.5) is 5.69 Å². The molecule has 1 rings (SSSR count). The van der Waals surface area contributed by atoms with E-state index in [1.54, 1.807) is 18.2 Å². The lowest BCUT2D eigenvalue weighted by Gasteiger charge is -1.99. The lowest BCUT2D eigenvalue weighted by molar-refractivity contribution is 0.282. The Bertz CT molecular complexity index is 332. The van der Waals surface area contributed by atoms with Gasteiger partial charge in [-0.15, -0.1) is 0 Å². The number of isocyanates is 1. The van der Waals surface area contributed by atoms with Crippen molar-refractivity contribution in [3.05, 3.63) is 28.2 Å². The molecular formula is C8H6BrNO2. The minimum atomic E-state index is -0.131. The Morgan fingerprint density at radius 1 is 1.58 bits per heavy atom. The van der Waals surface area contributed by atoms with Crippen LogP contribution in [0.5, 0.6) is 0 Å². The van der Waals surface area contributed by atoms with Crippen molar-refractivity contribution in [1.82, 2.24) is 0 Å². The highest BCUT2D eigenvalue weighted by molar-refractivity contribution is 9.10. The second-order valence-corrected chi connectivity index (χ2v) is 3.05. The highest BCUT2D eigenvalue weighted by Crippen LogP contribution is 2.23. The Morgan fingerprint density at radius 2 is 2.33 bits per heavy atom. The van der Waals surface area contributed by atoms with Gasteiger partial charge >= 0.3 is 0 Å². The summed E-state index contributed by atoms with van der Waals surface area (Å²) in [6.45, 7) is -0.131. The van der Waals surface area contributed by atoms with Crippen LogP contribution < -0.4 is 0 Å². The third-order valence-electron chi connectivity index (χ3n) is 1.38. The number of rotatable bonds is 2. The topological polar surface area (TPSA) is 49.7 Å². The molecule has 0 amide bonds. The summed E-state index contributed by atoms with van der Waals surface area (Å²) in [5, 5.41) is 8.83. The van der Waals surface area contributed by atoms with Gasteiger partial charge in [0.05, 0.1) is 12.3 Å². The Labute approximate surface area is 77.9 Å². The maximum Gasteiger partial charge on any atom is 0.240 e. The predicted molar refractivity (Wildman–Crippen MR) is 47.8 cm³/mol. The molecule has 62 valence electrons. The van der Waals surface area contributed by atoms with E-state index in [4.69, 9.17) is 5.11 Å². The van der Waals surface area contributed by atoms with Gasteiger partial charge in [-0.2, -0.15) is 4.99 Å². The summed E-state index contributed by atoms with van der Waals surface area (Å²) >= 11 is 3.22. The Balaban J connectivity index is 3.20. The van der Waals surface area contributed by atoms with Crippen LogP contribution in [0.3, 0.4) is 0 Å². The van der Waals surface area contributed by atoms with Crippen LogP contribution in [0.25, 0.3) is 0 Å². The highest BCUT2D eigenvalue weighted by Gasteiger charge is 1.99.